The van der Waals surface area contributed by atoms with Crippen molar-refractivity contribution >= 4 is 11.7 Å². The lowest BCUT2D eigenvalue weighted by Gasteiger charge is -2.11. The molecule has 0 fully saturated rings. The lowest BCUT2D eigenvalue weighted by atomic mass is 10.2. The standard InChI is InChI=1S/C15H13F3N2O3/c16-15(17,18)10-5-6-19-13(9-10)20-14(22)11-3-1-2-4-12(11)23-8-7-21/h1-6,9,21H,7-8H2,(H,19,20,22). The van der Waals surface area contributed by atoms with E-state index in [0.717, 1.165) is 18.3 Å². The molecule has 0 aliphatic heterocycles. The number of hydrogen-bond donors (Lipinski definition) is 2. The van der Waals surface area contributed by atoms with Gasteiger partial charge in [-0.2, -0.15) is 13.2 Å². The number of nitrogens with zero attached hydrogens (tertiary/aromatic N) is 1. The molecule has 0 aliphatic carbocycles. The summed E-state index contributed by atoms with van der Waals surface area (Å²) >= 11 is 0. The van der Waals surface area contributed by atoms with Crippen molar-refractivity contribution in [3.8, 4) is 5.75 Å². The number of alkyl halides is 3. The number of aromatic nitrogens is 1. The van der Waals surface area contributed by atoms with Crippen LogP contribution in [0.25, 0.3) is 0 Å². The van der Waals surface area contributed by atoms with Crippen LogP contribution in [0.4, 0.5) is 19.0 Å². The van der Waals surface area contributed by atoms with Gasteiger partial charge in [0, 0.05) is 6.20 Å². The molecule has 0 bridgehead atoms. The van der Waals surface area contributed by atoms with Gasteiger partial charge >= 0.3 is 6.18 Å². The van der Waals surface area contributed by atoms with Gasteiger partial charge in [-0.3, -0.25) is 4.79 Å². The Hall–Kier alpha value is -2.61. The van der Waals surface area contributed by atoms with Gasteiger partial charge in [0.2, 0.25) is 0 Å². The number of nitrogens with one attached hydrogen (secondary N) is 1. The number of amides is 1. The lowest BCUT2D eigenvalue weighted by molar-refractivity contribution is -0.137. The van der Waals surface area contributed by atoms with Gasteiger partial charge in [-0.15, -0.1) is 0 Å². The number of pyridine rings is 1. The van der Waals surface area contributed by atoms with Gasteiger partial charge in [0.15, 0.2) is 0 Å². The van der Waals surface area contributed by atoms with Crippen molar-refractivity contribution in [2.45, 2.75) is 6.18 Å². The van der Waals surface area contributed by atoms with Crippen LogP contribution in [0, 0.1) is 0 Å². The van der Waals surface area contributed by atoms with E-state index in [1.54, 1.807) is 12.1 Å². The number of ether oxygens (including phenoxy) is 1. The molecule has 1 heterocycles. The van der Waals surface area contributed by atoms with Gasteiger partial charge in [-0.1, -0.05) is 12.1 Å². The summed E-state index contributed by atoms with van der Waals surface area (Å²) in [5.74, 6) is -0.668. The summed E-state index contributed by atoms with van der Waals surface area (Å²) in [5, 5.41) is 11.1. The van der Waals surface area contributed by atoms with Crippen molar-refractivity contribution in [3.63, 3.8) is 0 Å². The monoisotopic (exact) mass is 326 g/mol. The van der Waals surface area contributed by atoms with Crippen molar-refractivity contribution in [1.82, 2.24) is 4.98 Å². The van der Waals surface area contributed by atoms with Gasteiger partial charge in [-0.05, 0) is 24.3 Å². The van der Waals surface area contributed by atoms with E-state index in [1.165, 1.54) is 12.1 Å². The SMILES string of the molecule is O=C(Nc1cc(C(F)(F)F)ccn1)c1ccccc1OCCO. The molecule has 0 atom stereocenters. The number of carbonyl (C=O) groups excluding carboxylic acids is 1. The van der Waals surface area contributed by atoms with Crippen LogP contribution in [0.2, 0.25) is 0 Å². The molecular weight excluding hydrogens is 313 g/mol. The van der Waals surface area contributed by atoms with E-state index >= 15 is 0 Å². The number of para-hydroxylation sites is 1. The minimum Gasteiger partial charge on any atom is -0.490 e. The molecule has 0 saturated carbocycles. The zero-order valence-corrected chi connectivity index (χ0v) is 11.8. The molecule has 0 unspecified atom stereocenters. The zero-order valence-electron chi connectivity index (χ0n) is 11.8. The predicted octanol–water partition coefficient (Wildman–Crippen LogP) is 2.72. The summed E-state index contributed by atoms with van der Waals surface area (Å²) in [5.41, 5.74) is -0.784. The Balaban J connectivity index is 2.20. The first kappa shape index (κ1) is 16.8. The third-order valence-electron chi connectivity index (χ3n) is 2.81. The molecule has 1 amide bonds. The molecule has 0 aliphatic rings. The minimum atomic E-state index is -4.52. The second-order valence-corrected chi connectivity index (χ2v) is 4.45. The second-order valence-electron chi connectivity index (χ2n) is 4.45. The fourth-order valence-corrected chi connectivity index (χ4v) is 1.79. The average Bonchev–Trinajstić information content (AvgIpc) is 2.52. The van der Waals surface area contributed by atoms with E-state index in [1.807, 2.05) is 0 Å². The fourth-order valence-electron chi connectivity index (χ4n) is 1.79. The summed E-state index contributed by atoms with van der Waals surface area (Å²) < 4.78 is 43.2. The fraction of sp³-hybridized carbons (Fsp3) is 0.200. The molecule has 1 aromatic heterocycles. The molecule has 2 N–H and O–H groups in total. The lowest BCUT2D eigenvalue weighted by Crippen LogP contribution is -2.16. The molecular formula is C15H13F3N2O3. The van der Waals surface area contributed by atoms with Gasteiger partial charge in [-0.25, -0.2) is 4.98 Å². The second kappa shape index (κ2) is 7.10. The number of hydrogen-bond acceptors (Lipinski definition) is 4. The topological polar surface area (TPSA) is 71.5 Å². The largest absolute Gasteiger partial charge is 0.490 e. The Kier molecular flexibility index (Phi) is 5.17. The minimum absolute atomic E-state index is 0.00784. The molecule has 0 radical (unpaired) electrons. The van der Waals surface area contributed by atoms with E-state index < -0.39 is 17.6 Å². The first-order chi connectivity index (χ1) is 10.9. The van der Waals surface area contributed by atoms with E-state index in [9.17, 15) is 18.0 Å². The number of carbonyl (C=O) groups is 1. The number of aliphatic hydroxyl groups excluding tert-OH is 1. The summed E-state index contributed by atoms with van der Waals surface area (Å²) in [4.78, 5) is 15.9. The third-order valence-corrected chi connectivity index (χ3v) is 2.81. The van der Waals surface area contributed by atoms with Crippen molar-refractivity contribution in [2.75, 3.05) is 18.5 Å². The molecule has 122 valence electrons. The number of aliphatic hydroxyl groups is 1. The number of anilines is 1. The molecule has 0 saturated heterocycles. The quantitative estimate of drug-likeness (QED) is 0.886. The Morgan fingerprint density at radius 3 is 2.70 bits per heavy atom. The van der Waals surface area contributed by atoms with Crippen LogP contribution >= 0.6 is 0 Å². The predicted molar refractivity (Wildman–Crippen MR) is 76.2 cm³/mol. The number of halogens is 3. The van der Waals surface area contributed by atoms with Crippen LogP contribution < -0.4 is 10.1 Å². The summed E-state index contributed by atoms with van der Waals surface area (Å²) in [6.07, 6.45) is -3.56. The van der Waals surface area contributed by atoms with Crippen LogP contribution in [0.3, 0.4) is 0 Å². The first-order valence-corrected chi connectivity index (χ1v) is 6.59. The smallest absolute Gasteiger partial charge is 0.416 e. The molecule has 2 aromatic rings. The summed E-state index contributed by atoms with van der Waals surface area (Å²) in [7, 11) is 0. The van der Waals surface area contributed by atoms with Crippen molar-refractivity contribution < 1.29 is 27.8 Å². The highest BCUT2D eigenvalue weighted by Crippen LogP contribution is 2.30. The van der Waals surface area contributed by atoms with Crippen LogP contribution in [0.5, 0.6) is 5.75 Å². The maximum atomic E-state index is 12.6. The van der Waals surface area contributed by atoms with E-state index in [4.69, 9.17) is 9.84 Å². The Morgan fingerprint density at radius 2 is 2.00 bits per heavy atom. The highest BCUT2D eigenvalue weighted by Gasteiger charge is 2.30. The number of benzene rings is 1. The third kappa shape index (κ3) is 4.43. The molecule has 5 nitrogen and oxygen atoms in total. The zero-order chi connectivity index (χ0) is 16.9. The van der Waals surface area contributed by atoms with Crippen LogP contribution in [-0.2, 0) is 6.18 Å². The molecule has 2 rings (SSSR count). The van der Waals surface area contributed by atoms with Gasteiger partial charge in [0.1, 0.15) is 18.2 Å². The first-order valence-electron chi connectivity index (χ1n) is 6.59. The normalized spacial score (nSPS) is 11.1. The molecule has 23 heavy (non-hydrogen) atoms. The van der Waals surface area contributed by atoms with Gasteiger partial charge < -0.3 is 15.2 Å². The maximum Gasteiger partial charge on any atom is 0.416 e. The Morgan fingerprint density at radius 1 is 1.26 bits per heavy atom. The van der Waals surface area contributed by atoms with Gasteiger partial charge in [0.25, 0.3) is 5.91 Å². The highest BCUT2D eigenvalue weighted by molar-refractivity contribution is 6.05. The average molecular weight is 326 g/mol. The Bertz CT molecular complexity index is 690. The van der Waals surface area contributed by atoms with Crippen LogP contribution in [-0.4, -0.2) is 29.2 Å². The van der Waals surface area contributed by atoms with Crippen molar-refractivity contribution in [3.05, 3.63) is 53.7 Å². The van der Waals surface area contributed by atoms with E-state index in [2.05, 4.69) is 10.3 Å². The molecule has 0 spiro atoms. The highest BCUT2D eigenvalue weighted by atomic mass is 19.4. The Labute approximate surface area is 129 Å². The van der Waals surface area contributed by atoms with E-state index in [0.29, 0.717) is 0 Å². The van der Waals surface area contributed by atoms with Crippen LogP contribution in [0.1, 0.15) is 15.9 Å². The number of rotatable bonds is 5. The van der Waals surface area contributed by atoms with E-state index in [-0.39, 0.29) is 30.3 Å². The van der Waals surface area contributed by atoms with Crippen molar-refractivity contribution in [1.29, 1.82) is 0 Å². The van der Waals surface area contributed by atoms with Crippen LogP contribution in [0.15, 0.2) is 42.6 Å². The molecule has 1 aromatic carbocycles. The summed E-state index contributed by atoms with van der Waals surface area (Å²) in [6.45, 7) is -0.239. The van der Waals surface area contributed by atoms with Gasteiger partial charge in [0.05, 0.1) is 17.7 Å². The van der Waals surface area contributed by atoms with Crippen molar-refractivity contribution in [2.24, 2.45) is 0 Å². The maximum absolute atomic E-state index is 12.6. The summed E-state index contributed by atoms with van der Waals surface area (Å²) in [6, 6.07) is 7.75. The molecule has 8 heteroatoms.